The van der Waals surface area contributed by atoms with E-state index < -0.39 is 0 Å². The third-order valence-corrected chi connectivity index (χ3v) is 3.13. The first-order chi connectivity index (χ1) is 8.25. The molecule has 0 spiro atoms. The Labute approximate surface area is 104 Å². The number of benzene rings is 2. The summed E-state index contributed by atoms with van der Waals surface area (Å²) in [6.45, 7) is 0. The minimum atomic E-state index is 0.0912. The van der Waals surface area contributed by atoms with Crippen molar-refractivity contribution in [1.29, 1.82) is 0 Å². The van der Waals surface area contributed by atoms with Crippen LogP contribution < -0.4 is 4.90 Å². The van der Waals surface area contributed by atoms with Crippen LogP contribution in [0.3, 0.4) is 0 Å². The Morgan fingerprint density at radius 3 is 2.71 bits per heavy atom. The van der Waals surface area contributed by atoms with Crippen LogP contribution in [0.25, 0.3) is 0 Å². The Balaban J connectivity index is 2.13. The van der Waals surface area contributed by atoms with E-state index >= 15 is 0 Å². The third kappa shape index (κ3) is 1.71. The normalized spacial score (nSPS) is 13.9. The Hall–Kier alpha value is -1.80. The molecule has 1 aliphatic rings. The molecule has 3 rings (SSSR count). The van der Waals surface area contributed by atoms with Crippen molar-refractivity contribution in [2.75, 3.05) is 4.90 Å². The number of carbonyl (C=O) groups excluding carboxylic acids is 1. The Morgan fingerprint density at radius 2 is 1.88 bits per heavy atom. The number of hydrogen-bond donors (Lipinski definition) is 0. The number of anilines is 2. The molecule has 0 aromatic heterocycles. The van der Waals surface area contributed by atoms with Gasteiger partial charge in [-0.25, -0.2) is 0 Å². The number of fused-ring (bicyclic) bond motifs is 1. The molecule has 0 fully saturated rings. The molecule has 0 bridgehead atoms. The van der Waals surface area contributed by atoms with Gasteiger partial charge in [-0.2, -0.15) is 0 Å². The summed E-state index contributed by atoms with van der Waals surface area (Å²) in [7, 11) is 0. The molecule has 3 heteroatoms. The highest BCUT2D eigenvalue weighted by Gasteiger charge is 2.27. The zero-order chi connectivity index (χ0) is 11.8. The van der Waals surface area contributed by atoms with Gasteiger partial charge in [-0.05, 0) is 29.8 Å². The number of halogens is 1. The first kappa shape index (κ1) is 10.4. The van der Waals surface area contributed by atoms with Gasteiger partial charge in [0.05, 0.1) is 17.8 Å². The number of rotatable bonds is 1. The van der Waals surface area contributed by atoms with E-state index in [-0.39, 0.29) is 5.91 Å². The van der Waals surface area contributed by atoms with E-state index in [1.165, 1.54) is 0 Å². The number of para-hydroxylation sites is 1. The molecule has 0 saturated heterocycles. The van der Waals surface area contributed by atoms with Gasteiger partial charge in [0.25, 0.3) is 0 Å². The molecule has 0 aliphatic carbocycles. The van der Waals surface area contributed by atoms with Crippen LogP contribution >= 0.6 is 11.6 Å². The molecule has 0 unspecified atom stereocenters. The van der Waals surface area contributed by atoms with Gasteiger partial charge in [0.2, 0.25) is 5.91 Å². The molecule has 0 radical (unpaired) electrons. The van der Waals surface area contributed by atoms with Crippen LogP contribution in [-0.4, -0.2) is 5.91 Å². The maximum atomic E-state index is 12.0. The Bertz CT molecular complexity index is 594. The largest absolute Gasteiger partial charge is 0.280 e. The van der Waals surface area contributed by atoms with E-state index in [1.54, 1.807) is 11.0 Å². The van der Waals surface area contributed by atoms with E-state index in [0.717, 1.165) is 16.9 Å². The first-order valence-corrected chi connectivity index (χ1v) is 5.80. The van der Waals surface area contributed by atoms with Crippen molar-refractivity contribution in [1.82, 2.24) is 0 Å². The van der Waals surface area contributed by atoms with E-state index in [2.05, 4.69) is 0 Å². The predicted octanol–water partition coefficient (Wildman–Crippen LogP) is 3.56. The van der Waals surface area contributed by atoms with Crippen LogP contribution in [-0.2, 0) is 11.2 Å². The zero-order valence-corrected chi connectivity index (χ0v) is 9.82. The van der Waals surface area contributed by atoms with E-state index in [9.17, 15) is 4.79 Å². The van der Waals surface area contributed by atoms with Gasteiger partial charge in [-0.3, -0.25) is 9.69 Å². The molecule has 2 nitrogen and oxygen atoms in total. The number of hydrogen-bond acceptors (Lipinski definition) is 1. The summed E-state index contributed by atoms with van der Waals surface area (Å²) in [6.07, 6.45) is 0.461. The van der Waals surface area contributed by atoms with Gasteiger partial charge in [-0.15, -0.1) is 0 Å². The topological polar surface area (TPSA) is 20.3 Å². The van der Waals surface area contributed by atoms with Crippen LogP contribution in [0.5, 0.6) is 0 Å². The highest BCUT2D eigenvalue weighted by atomic mass is 35.5. The SMILES string of the molecule is O=C1Cc2ccccc2N1c1cccc(Cl)c1. The standard InChI is InChI=1S/C14H10ClNO/c15-11-5-3-6-12(9-11)16-13-7-2-1-4-10(13)8-14(16)17/h1-7,9H,8H2. The molecular formula is C14H10ClNO. The minimum absolute atomic E-state index is 0.0912. The molecule has 2 aromatic carbocycles. The molecule has 84 valence electrons. The number of amides is 1. The summed E-state index contributed by atoms with van der Waals surface area (Å²) < 4.78 is 0. The molecule has 2 aromatic rings. The van der Waals surface area contributed by atoms with E-state index in [1.807, 2.05) is 42.5 Å². The average Bonchev–Trinajstić information content (AvgIpc) is 2.64. The summed E-state index contributed by atoms with van der Waals surface area (Å²) in [5.41, 5.74) is 2.85. The number of carbonyl (C=O) groups is 1. The molecule has 0 saturated carbocycles. The molecule has 17 heavy (non-hydrogen) atoms. The van der Waals surface area contributed by atoms with Crippen molar-refractivity contribution in [2.45, 2.75) is 6.42 Å². The first-order valence-electron chi connectivity index (χ1n) is 5.42. The highest BCUT2D eigenvalue weighted by molar-refractivity contribution is 6.31. The molecular weight excluding hydrogens is 234 g/mol. The smallest absolute Gasteiger partial charge is 0.236 e. The summed E-state index contributed by atoms with van der Waals surface area (Å²) in [5, 5.41) is 0.639. The fraction of sp³-hybridized carbons (Fsp3) is 0.0714. The fourth-order valence-electron chi connectivity index (χ4n) is 2.15. The van der Waals surface area contributed by atoms with Crippen molar-refractivity contribution in [2.24, 2.45) is 0 Å². The second-order valence-corrected chi connectivity index (χ2v) is 4.45. The van der Waals surface area contributed by atoms with Crippen molar-refractivity contribution < 1.29 is 4.79 Å². The summed E-state index contributed by atoms with van der Waals surface area (Å²) in [6, 6.07) is 15.2. The van der Waals surface area contributed by atoms with Gasteiger partial charge in [-0.1, -0.05) is 35.9 Å². The lowest BCUT2D eigenvalue weighted by Crippen LogP contribution is -2.20. The fourth-order valence-corrected chi connectivity index (χ4v) is 2.34. The van der Waals surface area contributed by atoms with Gasteiger partial charge in [0, 0.05) is 5.02 Å². The maximum absolute atomic E-state index is 12.0. The van der Waals surface area contributed by atoms with Gasteiger partial charge in [0.15, 0.2) is 0 Å². The van der Waals surface area contributed by atoms with Crippen molar-refractivity contribution in [3.05, 3.63) is 59.1 Å². The van der Waals surface area contributed by atoms with Crippen molar-refractivity contribution in [3.63, 3.8) is 0 Å². The zero-order valence-electron chi connectivity index (χ0n) is 9.06. The van der Waals surface area contributed by atoms with Crippen molar-refractivity contribution >= 4 is 28.9 Å². The molecule has 1 heterocycles. The van der Waals surface area contributed by atoms with Crippen molar-refractivity contribution in [3.8, 4) is 0 Å². The molecule has 0 atom stereocenters. The monoisotopic (exact) mass is 243 g/mol. The van der Waals surface area contributed by atoms with Crippen LogP contribution in [0, 0.1) is 0 Å². The van der Waals surface area contributed by atoms with E-state index in [0.29, 0.717) is 11.4 Å². The lowest BCUT2D eigenvalue weighted by molar-refractivity contribution is -0.116. The lowest BCUT2D eigenvalue weighted by atomic mass is 10.2. The van der Waals surface area contributed by atoms with Crippen LogP contribution in [0.2, 0.25) is 5.02 Å². The average molecular weight is 244 g/mol. The van der Waals surface area contributed by atoms with Gasteiger partial charge >= 0.3 is 0 Å². The van der Waals surface area contributed by atoms with Gasteiger partial charge < -0.3 is 0 Å². The Morgan fingerprint density at radius 1 is 1.06 bits per heavy atom. The molecule has 1 aliphatic heterocycles. The van der Waals surface area contributed by atoms with E-state index in [4.69, 9.17) is 11.6 Å². The minimum Gasteiger partial charge on any atom is -0.280 e. The molecule has 0 N–H and O–H groups in total. The predicted molar refractivity (Wildman–Crippen MR) is 68.7 cm³/mol. The third-order valence-electron chi connectivity index (χ3n) is 2.89. The van der Waals surface area contributed by atoms with Gasteiger partial charge in [0.1, 0.15) is 0 Å². The number of nitrogens with zero attached hydrogens (tertiary/aromatic N) is 1. The second-order valence-electron chi connectivity index (χ2n) is 4.01. The summed E-state index contributed by atoms with van der Waals surface area (Å²) >= 11 is 5.96. The summed E-state index contributed by atoms with van der Waals surface area (Å²) in [4.78, 5) is 13.7. The van der Waals surface area contributed by atoms with Crippen LogP contribution in [0.15, 0.2) is 48.5 Å². The second kappa shape index (κ2) is 3.90. The van der Waals surface area contributed by atoms with Crippen LogP contribution in [0.1, 0.15) is 5.56 Å². The van der Waals surface area contributed by atoms with Crippen LogP contribution in [0.4, 0.5) is 11.4 Å². The Kier molecular flexibility index (Phi) is 2.37. The highest BCUT2D eigenvalue weighted by Crippen LogP contribution is 2.35. The summed E-state index contributed by atoms with van der Waals surface area (Å²) in [5.74, 6) is 0.0912. The maximum Gasteiger partial charge on any atom is 0.236 e. The molecule has 1 amide bonds. The lowest BCUT2D eigenvalue weighted by Gasteiger charge is -2.17. The quantitative estimate of drug-likeness (QED) is 0.750.